The number of carbonyl (C=O) groups is 2. The molecule has 3 aromatic carbocycles. The van der Waals surface area contributed by atoms with Gasteiger partial charge in [-0.15, -0.1) is 0 Å². The van der Waals surface area contributed by atoms with E-state index in [-0.39, 0.29) is 11.8 Å². The molecule has 0 saturated carbocycles. The molecule has 0 unspecified atom stereocenters. The summed E-state index contributed by atoms with van der Waals surface area (Å²) in [5, 5.41) is 10.6. The Morgan fingerprint density at radius 2 is 1.75 bits per heavy atom. The molecule has 0 spiro atoms. The maximum absolute atomic E-state index is 13.3. The van der Waals surface area contributed by atoms with Crippen molar-refractivity contribution in [1.82, 2.24) is 20.4 Å². The monoisotopic (exact) mass is 481 g/mol. The van der Waals surface area contributed by atoms with E-state index in [1.54, 1.807) is 18.0 Å². The molecular weight excluding hydrogens is 454 g/mol. The van der Waals surface area contributed by atoms with E-state index in [4.69, 9.17) is 9.84 Å². The molecule has 1 aliphatic rings. The fraction of sp³-hybridized carbons (Fsp3) is 0.179. The van der Waals surface area contributed by atoms with Crippen molar-refractivity contribution in [2.75, 3.05) is 31.6 Å². The Hall–Kier alpha value is -4.59. The standard InChI is InChI=1S/C28H27N5O3/c1-36-25-10-6-5-9-23(25)27-24(18-33(31-27)22-7-3-2-4-8-22)28(35)30-17-20-11-13-21(14-12-20)32-16-15-29-26(34)19-32/h2-14,18H,15-17,19H2,1H3,(H,29,34)(H,30,35). The molecule has 1 fully saturated rings. The molecule has 4 aromatic rings. The molecule has 0 bridgehead atoms. The second-order valence-corrected chi connectivity index (χ2v) is 8.49. The minimum atomic E-state index is -0.227. The van der Waals surface area contributed by atoms with Crippen LogP contribution in [0, 0.1) is 0 Å². The first-order valence-corrected chi connectivity index (χ1v) is 11.8. The van der Waals surface area contributed by atoms with Crippen LogP contribution in [-0.4, -0.2) is 48.3 Å². The number of rotatable bonds is 7. The summed E-state index contributed by atoms with van der Waals surface area (Å²) in [6.45, 7) is 2.13. The van der Waals surface area contributed by atoms with Gasteiger partial charge >= 0.3 is 0 Å². The number of aromatic nitrogens is 2. The van der Waals surface area contributed by atoms with Crippen molar-refractivity contribution in [2.24, 2.45) is 0 Å². The Labute approximate surface area is 209 Å². The number of methoxy groups -OCH3 is 1. The molecule has 0 radical (unpaired) electrons. The molecule has 1 aliphatic heterocycles. The van der Waals surface area contributed by atoms with E-state index >= 15 is 0 Å². The number of piperazine rings is 1. The van der Waals surface area contributed by atoms with E-state index in [1.807, 2.05) is 83.8 Å². The average Bonchev–Trinajstić information content (AvgIpc) is 3.38. The summed E-state index contributed by atoms with van der Waals surface area (Å²) in [6.07, 6.45) is 1.75. The van der Waals surface area contributed by atoms with Gasteiger partial charge < -0.3 is 20.3 Å². The van der Waals surface area contributed by atoms with Gasteiger partial charge in [-0.05, 0) is 42.0 Å². The smallest absolute Gasteiger partial charge is 0.255 e. The Morgan fingerprint density at radius 1 is 1.00 bits per heavy atom. The van der Waals surface area contributed by atoms with Crippen molar-refractivity contribution >= 4 is 17.5 Å². The number of carbonyl (C=O) groups excluding carboxylic acids is 2. The predicted octanol–water partition coefficient (Wildman–Crippen LogP) is 3.41. The van der Waals surface area contributed by atoms with Crippen molar-refractivity contribution < 1.29 is 14.3 Å². The quantitative estimate of drug-likeness (QED) is 0.422. The van der Waals surface area contributed by atoms with E-state index in [0.717, 1.165) is 29.0 Å². The highest BCUT2D eigenvalue weighted by atomic mass is 16.5. The second-order valence-electron chi connectivity index (χ2n) is 8.49. The van der Waals surface area contributed by atoms with Gasteiger partial charge in [0, 0.05) is 37.1 Å². The molecule has 182 valence electrons. The van der Waals surface area contributed by atoms with Crippen LogP contribution in [0.4, 0.5) is 5.69 Å². The van der Waals surface area contributed by atoms with Crippen LogP contribution in [0.2, 0.25) is 0 Å². The summed E-state index contributed by atoms with van der Waals surface area (Å²) in [5.74, 6) is 0.446. The summed E-state index contributed by atoms with van der Waals surface area (Å²) in [4.78, 5) is 27.1. The topological polar surface area (TPSA) is 88.5 Å². The van der Waals surface area contributed by atoms with Crippen molar-refractivity contribution in [3.63, 3.8) is 0 Å². The van der Waals surface area contributed by atoms with Crippen LogP contribution in [0.3, 0.4) is 0 Å². The van der Waals surface area contributed by atoms with Crippen LogP contribution in [0.5, 0.6) is 5.75 Å². The highest BCUT2D eigenvalue weighted by molar-refractivity contribution is 6.00. The minimum Gasteiger partial charge on any atom is -0.496 e. The van der Waals surface area contributed by atoms with Crippen LogP contribution in [0.1, 0.15) is 15.9 Å². The van der Waals surface area contributed by atoms with Gasteiger partial charge in [0.05, 0.1) is 24.9 Å². The van der Waals surface area contributed by atoms with Gasteiger partial charge in [0.1, 0.15) is 11.4 Å². The zero-order valence-corrected chi connectivity index (χ0v) is 20.0. The van der Waals surface area contributed by atoms with Gasteiger partial charge in [-0.3, -0.25) is 9.59 Å². The fourth-order valence-corrected chi connectivity index (χ4v) is 4.25. The predicted molar refractivity (Wildman–Crippen MR) is 138 cm³/mol. The SMILES string of the molecule is COc1ccccc1-c1nn(-c2ccccc2)cc1C(=O)NCc1ccc(N2CCNC(=O)C2)cc1. The van der Waals surface area contributed by atoms with Crippen molar-refractivity contribution in [3.05, 3.63) is 96.2 Å². The molecule has 2 heterocycles. The van der Waals surface area contributed by atoms with Crippen molar-refractivity contribution in [3.8, 4) is 22.7 Å². The van der Waals surface area contributed by atoms with Crippen LogP contribution in [0.15, 0.2) is 85.1 Å². The number of nitrogens with one attached hydrogen (secondary N) is 2. The molecule has 36 heavy (non-hydrogen) atoms. The first kappa shape index (κ1) is 23.2. The zero-order chi connectivity index (χ0) is 24.9. The van der Waals surface area contributed by atoms with E-state index in [0.29, 0.717) is 36.6 Å². The summed E-state index contributed by atoms with van der Waals surface area (Å²) >= 11 is 0. The van der Waals surface area contributed by atoms with Gasteiger partial charge in [0.25, 0.3) is 5.91 Å². The highest BCUT2D eigenvalue weighted by Crippen LogP contribution is 2.31. The number of nitrogens with zero attached hydrogens (tertiary/aromatic N) is 3. The van der Waals surface area contributed by atoms with Crippen LogP contribution < -0.4 is 20.3 Å². The molecule has 2 amide bonds. The van der Waals surface area contributed by atoms with Gasteiger partial charge in [0.15, 0.2) is 0 Å². The van der Waals surface area contributed by atoms with Gasteiger partial charge in [0.2, 0.25) is 5.91 Å². The number of amides is 2. The third kappa shape index (κ3) is 4.93. The van der Waals surface area contributed by atoms with Gasteiger partial charge in [-0.1, -0.05) is 42.5 Å². The lowest BCUT2D eigenvalue weighted by atomic mass is 10.1. The third-order valence-electron chi connectivity index (χ3n) is 6.13. The summed E-state index contributed by atoms with van der Waals surface area (Å²) in [7, 11) is 1.60. The maximum atomic E-state index is 13.3. The van der Waals surface area contributed by atoms with E-state index in [2.05, 4.69) is 10.6 Å². The number of anilines is 1. The van der Waals surface area contributed by atoms with Crippen LogP contribution >= 0.6 is 0 Å². The van der Waals surface area contributed by atoms with Crippen molar-refractivity contribution in [2.45, 2.75) is 6.54 Å². The van der Waals surface area contributed by atoms with Gasteiger partial charge in [-0.25, -0.2) is 4.68 Å². The lowest BCUT2D eigenvalue weighted by Gasteiger charge is -2.28. The molecule has 8 heteroatoms. The first-order chi connectivity index (χ1) is 17.6. The number of hydrogen-bond donors (Lipinski definition) is 2. The number of ether oxygens (including phenoxy) is 1. The molecule has 0 aliphatic carbocycles. The zero-order valence-electron chi connectivity index (χ0n) is 20.0. The van der Waals surface area contributed by atoms with Crippen molar-refractivity contribution in [1.29, 1.82) is 0 Å². The Bertz CT molecular complexity index is 1370. The molecule has 1 aromatic heterocycles. The number of benzene rings is 3. The van der Waals surface area contributed by atoms with Crippen LogP contribution in [-0.2, 0) is 11.3 Å². The van der Waals surface area contributed by atoms with E-state index in [9.17, 15) is 9.59 Å². The number of hydrogen-bond acceptors (Lipinski definition) is 5. The maximum Gasteiger partial charge on any atom is 0.255 e. The lowest BCUT2D eigenvalue weighted by Crippen LogP contribution is -2.47. The first-order valence-electron chi connectivity index (χ1n) is 11.8. The molecule has 8 nitrogen and oxygen atoms in total. The summed E-state index contributed by atoms with van der Waals surface area (Å²) < 4.78 is 7.25. The Kier molecular flexibility index (Phi) is 6.66. The Balaban J connectivity index is 1.37. The van der Waals surface area contributed by atoms with E-state index in [1.165, 1.54) is 0 Å². The highest BCUT2D eigenvalue weighted by Gasteiger charge is 2.21. The normalized spacial score (nSPS) is 13.2. The molecular formula is C28H27N5O3. The number of para-hydroxylation sites is 2. The molecule has 1 saturated heterocycles. The van der Waals surface area contributed by atoms with Crippen LogP contribution in [0.25, 0.3) is 16.9 Å². The molecule has 0 atom stereocenters. The molecule has 2 N–H and O–H groups in total. The van der Waals surface area contributed by atoms with E-state index < -0.39 is 0 Å². The minimum absolute atomic E-state index is 0.0273. The third-order valence-corrected chi connectivity index (χ3v) is 6.13. The summed E-state index contributed by atoms with van der Waals surface area (Å²) in [6, 6.07) is 25.1. The largest absolute Gasteiger partial charge is 0.496 e. The van der Waals surface area contributed by atoms with Gasteiger partial charge in [-0.2, -0.15) is 5.10 Å². The summed E-state index contributed by atoms with van der Waals surface area (Å²) in [5.41, 5.74) is 4.56. The average molecular weight is 482 g/mol. The Morgan fingerprint density at radius 3 is 2.50 bits per heavy atom. The fourth-order valence-electron chi connectivity index (χ4n) is 4.25. The molecule has 5 rings (SSSR count). The second kappa shape index (κ2) is 10.4. The lowest BCUT2D eigenvalue weighted by molar-refractivity contribution is -0.120.